The highest BCUT2D eigenvalue weighted by Crippen LogP contribution is 2.39. The summed E-state index contributed by atoms with van der Waals surface area (Å²) >= 11 is 0. The standard InChI is InChI=1S/C22H26N2O2/c25-21(24-13-3-4-14-24)22(9-15-26-16-10-22)17-19-5-1-2-6-20(19)18-7-11-23-12-8-18/h1-2,5-8,11-12H,3-4,9-10,13-17H2. The molecule has 0 unspecified atom stereocenters. The second-order valence-corrected chi connectivity index (χ2v) is 7.46. The Bertz CT molecular complexity index is 748. The van der Waals surface area contributed by atoms with Gasteiger partial charge >= 0.3 is 0 Å². The van der Waals surface area contributed by atoms with Crippen molar-refractivity contribution in [3.63, 3.8) is 0 Å². The maximum Gasteiger partial charge on any atom is 0.229 e. The van der Waals surface area contributed by atoms with Crippen LogP contribution in [-0.2, 0) is 16.0 Å². The van der Waals surface area contributed by atoms with Gasteiger partial charge in [0.05, 0.1) is 5.41 Å². The third-order valence-corrected chi connectivity index (χ3v) is 5.83. The average molecular weight is 350 g/mol. The Morgan fingerprint density at radius 1 is 1.04 bits per heavy atom. The van der Waals surface area contributed by atoms with Gasteiger partial charge in [-0.3, -0.25) is 9.78 Å². The summed E-state index contributed by atoms with van der Waals surface area (Å²) < 4.78 is 5.61. The zero-order chi connectivity index (χ0) is 17.8. The van der Waals surface area contributed by atoms with Crippen LogP contribution in [0.4, 0.5) is 0 Å². The van der Waals surface area contributed by atoms with Crippen molar-refractivity contribution < 1.29 is 9.53 Å². The van der Waals surface area contributed by atoms with Crippen molar-refractivity contribution in [1.82, 2.24) is 9.88 Å². The molecular weight excluding hydrogens is 324 g/mol. The fourth-order valence-corrected chi connectivity index (χ4v) is 4.34. The molecule has 0 aliphatic carbocycles. The summed E-state index contributed by atoms with van der Waals surface area (Å²) in [6.07, 6.45) is 8.32. The molecule has 0 bridgehead atoms. The summed E-state index contributed by atoms with van der Waals surface area (Å²) in [4.78, 5) is 19.7. The van der Waals surface area contributed by atoms with E-state index in [-0.39, 0.29) is 5.41 Å². The van der Waals surface area contributed by atoms with Gasteiger partial charge in [0, 0.05) is 38.7 Å². The summed E-state index contributed by atoms with van der Waals surface area (Å²) in [6.45, 7) is 3.18. The van der Waals surface area contributed by atoms with Crippen LogP contribution in [0, 0.1) is 5.41 Å². The van der Waals surface area contributed by atoms with Crippen LogP contribution in [0.3, 0.4) is 0 Å². The lowest BCUT2D eigenvalue weighted by Crippen LogP contribution is -2.47. The second-order valence-electron chi connectivity index (χ2n) is 7.46. The van der Waals surface area contributed by atoms with Gasteiger partial charge in [-0.1, -0.05) is 24.3 Å². The van der Waals surface area contributed by atoms with Gasteiger partial charge in [0.2, 0.25) is 5.91 Å². The number of amides is 1. The van der Waals surface area contributed by atoms with Crippen molar-refractivity contribution in [2.45, 2.75) is 32.1 Å². The number of hydrogen-bond acceptors (Lipinski definition) is 3. The van der Waals surface area contributed by atoms with Gasteiger partial charge in [0.25, 0.3) is 0 Å². The molecule has 2 saturated heterocycles. The Hall–Kier alpha value is -2.20. The van der Waals surface area contributed by atoms with E-state index in [1.807, 2.05) is 24.5 Å². The minimum Gasteiger partial charge on any atom is -0.381 e. The summed E-state index contributed by atoms with van der Waals surface area (Å²) in [5, 5.41) is 0. The van der Waals surface area contributed by atoms with Crippen molar-refractivity contribution >= 4 is 5.91 Å². The Balaban J connectivity index is 1.67. The normalized spacial score (nSPS) is 19.5. The Morgan fingerprint density at radius 2 is 1.73 bits per heavy atom. The van der Waals surface area contributed by atoms with E-state index in [1.54, 1.807) is 0 Å². The third kappa shape index (κ3) is 3.38. The van der Waals surface area contributed by atoms with Crippen LogP contribution in [0.5, 0.6) is 0 Å². The number of hydrogen-bond donors (Lipinski definition) is 0. The SMILES string of the molecule is O=C(N1CCCC1)C1(Cc2ccccc2-c2ccncc2)CCOCC1. The van der Waals surface area contributed by atoms with Crippen LogP contribution in [0.25, 0.3) is 11.1 Å². The number of likely N-dealkylation sites (tertiary alicyclic amines) is 1. The van der Waals surface area contributed by atoms with Crippen LogP contribution in [0.15, 0.2) is 48.8 Å². The van der Waals surface area contributed by atoms with Gasteiger partial charge < -0.3 is 9.64 Å². The van der Waals surface area contributed by atoms with Gasteiger partial charge in [-0.15, -0.1) is 0 Å². The van der Waals surface area contributed by atoms with Crippen molar-refractivity contribution in [3.05, 3.63) is 54.4 Å². The highest BCUT2D eigenvalue weighted by molar-refractivity contribution is 5.84. The van der Waals surface area contributed by atoms with Crippen LogP contribution in [0.1, 0.15) is 31.2 Å². The molecule has 4 nitrogen and oxygen atoms in total. The molecule has 0 N–H and O–H groups in total. The summed E-state index contributed by atoms with van der Waals surface area (Å²) in [5.41, 5.74) is 3.28. The first-order valence-corrected chi connectivity index (χ1v) is 9.64. The van der Waals surface area contributed by atoms with E-state index < -0.39 is 0 Å². The highest BCUT2D eigenvalue weighted by Gasteiger charge is 2.43. The van der Waals surface area contributed by atoms with Gasteiger partial charge in [-0.05, 0) is 60.9 Å². The number of carbonyl (C=O) groups excluding carboxylic acids is 1. The fourth-order valence-electron chi connectivity index (χ4n) is 4.34. The van der Waals surface area contributed by atoms with Gasteiger partial charge in [0.1, 0.15) is 0 Å². The predicted molar refractivity (Wildman–Crippen MR) is 102 cm³/mol. The maximum atomic E-state index is 13.4. The first-order chi connectivity index (χ1) is 12.8. The molecule has 136 valence electrons. The summed E-state index contributed by atoms with van der Waals surface area (Å²) in [7, 11) is 0. The molecule has 2 aliphatic rings. The molecule has 0 radical (unpaired) electrons. The molecule has 0 spiro atoms. The lowest BCUT2D eigenvalue weighted by atomic mass is 9.73. The van der Waals surface area contributed by atoms with E-state index in [4.69, 9.17) is 4.74 Å². The minimum absolute atomic E-state index is 0.328. The van der Waals surface area contributed by atoms with Crippen molar-refractivity contribution in [2.24, 2.45) is 5.41 Å². The lowest BCUT2D eigenvalue weighted by molar-refractivity contribution is -0.146. The quantitative estimate of drug-likeness (QED) is 0.844. The second kappa shape index (κ2) is 7.58. The molecule has 1 aromatic carbocycles. The van der Waals surface area contributed by atoms with Crippen molar-refractivity contribution in [2.75, 3.05) is 26.3 Å². The highest BCUT2D eigenvalue weighted by atomic mass is 16.5. The zero-order valence-electron chi connectivity index (χ0n) is 15.2. The van der Waals surface area contributed by atoms with E-state index >= 15 is 0 Å². The number of aromatic nitrogens is 1. The van der Waals surface area contributed by atoms with Crippen LogP contribution >= 0.6 is 0 Å². The van der Waals surface area contributed by atoms with E-state index in [0.29, 0.717) is 19.1 Å². The predicted octanol–water partition coefficient (Wildman–Crippen LogP) is 3.71. The average Bonchev–Trinajstić information content (AvgIpc) is 3.24. The Kier molecular flexibility index (Phi) is 5.02. The minimum atomic E-state index is -0.328. The van der Waals surface area contributed by atoms with E-state index in [2.05, 4.69) is 34.1 Å². The van der Waals surface area contributed by atoms with Gasteiger partial charge in [-0.25, -0.2) is 0 Å². The van der Waals surface area contributed by atoms with Crippen LogP contribution in [-0.4, -0.2) is 42.1 Å². The molecule has 4 rings (SSSR count). The fraction of sp³-hybridized carbons (Fsp3) is 0.455. The first-order valence-electron chi connectivity index (χ1n) is 9.64. The number of ether oxygens (including phenoxy) is 1. The van der Waals surface area contributed by atoms with E-state index in [0.717, 1.165) is 50.8 Å². The number of pyridine rings is 1. The molecule has 1 aromatic heterocycles. The maximum absolute atomic E-state index is 13.4. The lowest BCUT2D eigenvalue weighted by Gasteiger charge is -2.39. The Morgan fingerprint density at radius 3 is 2.46 bits per heavy atom. The monoisotopic (exact) mass is 350 g/mol. The molecule has 26 heavy (non-hydrogen) atoms. The molecule has 2 fully saturated rings. The summed E-state index contributed by atoms with van der Waals surface area (Å²) in [5.74, 6) is 0.336. The molecule has 4 heteroatoms. The van der Waals surface area contributed by atoms with Crippen molar-refractivity contribution in [1.29, 1.82) is 0 Å². The molecule has 0 atom stereocenters. The zero-order valence-corrected chi connectivity index (χ0v) is 15.2. The van der Waals surface area contributed by atoms with Crippen LogP contribution < -0.4 is 0 Å². The van der Waals surface area contributed by atoms with Gasteiger partial charge in [-0.2, -0.15) is 0 Å². The molecule has 0 saturated carbocycles. The van der Waals surface area contributed by atoms with E-state index in [9.17, 15) is 4.79 Å². The largest absolute Gasteiger partial charge is 0.381 e. The topological polar surface area (TPSA) is 42.4 Å². The van der Waals surface area contributed by atoms with Crippen LogP contribution in [0.2, 0.25) is 0 Å². The smallest absolute Gasteiger partial charge is 0.229 e. The van der Waals surface area contributed by atoms with Crippen molar-refractivity contribution in [3.8, 4) is 11.1 Å². The summed E-state index contributed by atoms with van der Waals surface area (Å²) in [6, 6.07) is 12.5. The first kappa shape index (κ1) is 17.2. The van der Waals surface area contributed by atoms with Gasteiger partial charge in [0.15, 0.2) is 0 Å². The van der Waals surface area contributed by atoms with E-state index in [1.165, 1.54) is 11.1 Å². The molecule has 2 aromatic rings. The number of rotatable bonds is 4. The number of nitrogens with zero attached hydrogens (tertiary/aromatic N) is 2. The molecular formula is C22H26N2O2. The third-order valence-electron chi connectivity index (χ3n) is 5.83. The molecule has 2 aliphatic heterocycles. The Labute approximate surface area is 155 Å². The number of carbonyl (C=O) groups is 1. The molecule has 3 heterocycles. The number of benzene rings is 1. The molecule has 1 amide bonds.